The van der Waals surface area contributed by atoms with Crippen LogP contribution in [0.3, 0.4) is 0 Å². The molecule has 0 amide bonds. The number of hydrogen-bond acceptors (Lipinski definition) is 3. The number of carbonyl (C=O) groups excluding carboxylic acids is 1. The van der Waals surface area contributed by atoms with Crippen molar-refractivity contribution in [3.05, 3.63) is 35.9 Å². The molecule has 0 bridgehead atoms. The number of carbonyl (C=O) groups is 1. The van der Waals surface area contributed by atoms with Crippen molar-refractivity contribution >= 4 is 14.3 Å². The van der Waals surface area contributed by atoms with Crippen molar-refractivity contribution in [1.29, 1.82) is 0 Å². The summed E-state index contributed by atoms with van der Waals surface area (Å²) in [5.74, 6) is -0.239. The van der Waals surface area contributed by atoms with E-state index < -0.39 is 8.32 Å². The van der Waals surface area contributed by atoms with Crippen LogP contribution in [0.1, 0.15) is 18.1 Å². The SMILES string of the molecule is COC(=O)C[C@@H](O[Si](C)(C)C)c1ccccc1. The zero-order chi connectivity index (χ0) is 12.9. The van der Waals surface area contributed by atoms with E-state index in [1.54, 1.807) is 0 Å². The molecule has 0 aliphatic heterocycles. The fraction of sp³-hybridized carbons (Fsp3) is 0.462. The van der Waals surface area contributed by atoms with Gasteiger partial charge in [0.15, 0.2) is 8.32 Å². The molecule has 0 aliphatic carbocycles. The van der Waals surface area contributed by atoms with E-state index in [0.717, 1.165) is 5.56 Å². The second-order valence-corrected chi connectivity index (χ2v) is 9.37. The van der Waals surface area contributed by atoms with Gasteiger partial charge in [-0.1, -0.05) is 30.3 Å². The average molecular weight is 252 g/mol. The number of ether oxygens (including phenoxy) is 1. The lowest BCUT2D eigenvalue weighted by Gasteiger charge is -2.26. The summed E-state index contributed by atoms with van der Waals surface area (Å²) in [6, 6.07) is 9.81. The highest BCUT2D eigenvalue weighted by Gasteiger charge is 2.24. The average Bonchev–Trinajstić information content (AvgIpc) is 2.27. The Balaban J connectivity index is 2.83. The van der Waals surface area contributed by atoms with Crippen molar-refractivity contribution in [2.75, 3.05) is 7.11 Å². The van der Waals surface area contributed by atoms with Crippen molar-refractivity contribution in [2.45, 2.75) is 32.2 Å². The quantitative estimate of drug-likeness (QED) is 0.596. The fourth-order valence-corrected chi connectivity index (χ4v) is 2.63. The molecule has 0 saturated heterocycles. The Bertz CT molecular complexity index is 357. The first kappa shape index (κ1) is 13.9. The molecule has 0 fully saturated rings. The standard InChI is InChI=1S/C13H20O3Si/c1-15-13(14)10-12(16-17(2,3)4)11-8-6-5-7-9-11/h5-9,12H,10H2,1-4H3/t12-/m1/s1. The molecule has 0 unspecified atom stereocenters. The van der Waals surface area contributed by atoms with E-state index in [0.29, 0.717) is 0 Å². The summed E-state index contributed by atoms with van der Waals surface area (Å²) in [6.07, 6.45) is 0.0699. The van der Waals surface area contributed by atoms with Crippen molar-refractivity contribution in [2.24, 2.45) is 0 Å². The molecule has 0 heterocycles. The van der Waals surface area contributed by atoms with Crippen LogP contribution in [0.4, 0.5) is 0 Å². The van der Waals surface area contributed by atoms with E-state index in [1.807, 2.05) is 30.3 Å². The first-order valence-corrected chi connectivity index (χ1v) is 9.13. The smallest absolute Gasteiger partial charge is 0.308 e. The van der Waals surface area contributed by atoms with Crippen LogP contribution in [0.25, 0.3) is 0 Å². The van der Waals surface area contributed by atoms with Gasteiger partial charge >= 0.3 is 5.97 Å². The minimum absolute atomic E-state index is 0.199. The third kappa shape index (κ3) is 5.15. The molecule has 4 heteroatoms. The van der Waals surface area contributed by atoms with Crippen LogP contribution in [-0.4, -0.2) is 21.4 Å². The Morgan fingerprint density at radius 2 is 1.82 bits per heavy atom. The molecule has 17 heavy (non-hydrogen) atoms. The summed E-state index contributed by atoms with van der Waals surface area (Å²) in [6.45, 7) is 6.33. The van der Waals surface area contributed by atoms with E-state index >= 15 is 0 Å². The molecule has 0 saturated carbocycles. The van der Waals surface area contributed by atoms with Gasteiger partial charge in [0, 0.05) is 0 Å². The summed E-state index contributed by atoms with van der Waals surface area (Å²) < 4.78 is 10.7. The van der Waals surface area contributed by atoms with Gasteiger partial charge in [-0.3, -0.25) is 4.79 Å². The van der Waals surface area contributed by atoms with Crippen LogP contribution in [0.2, 0.25) is 19.6 Å². The molecule has 1 aromatic rings. The van der Waals surface area contributed by atoms with E-state index in [9.17, 15) is 4.79 Å². The van der Waals surface area contributed by atoms with E-state index in [2.05, 4.69) is 19.6 Å². The molecule has 0 radical (unpaired) electrons. The molecular weight excluding hydrogens is 232 g/mol. The van der Waals surface area contributed by atoms with Crippen molar-refractivity contribution in [1.82, 2.24) is 0 Å². The largest absolute Gasteiger partial charge is 0.469 e. The summed E-state index contributed by atoms with van der Waals surface area (Å²) in [5, 5.41) is 0. The molecule has 0 aromatic heterocycles. The highest BCUT2D eigenvalue weighted by Crippen LogP contribution is 2.25. The number of esters is 1. The molecule has 0 spiro atoms. The topological polar surface area (TPSA) is 35.5 Å². The normalized spacial score (nSPS) is 13.2. The lowest BCUT2D eigenvalue weighted by molar-refractivity contribution is -0.142. The second kappa shape index (κ2) is 5.98. The van der Waals surface area contributed by atoms with Gasteiger partial charge in [0.25, 0.3) is 0 Å². The third-order valence-corrected chi connectivity index (χ3v) is 3.24. The number of hydrogen-bond donors (Lipinski definition) is 0. The van der Waals surface area contributed by atoms with Gasteiger partial charge in [-0.05, 0) is 25.2 Å². The Labute approximate surface area is 104 Å². The van der Waals surface area contributed by atoms with Gasteiger partial charge < -0.3 is 9.16 Å². The zero-order valence-electron chi connectivity index (χ0n) is 10.9. The Morgan fingerprint density at radius 1 is 1.24 bits per heavy atom. The number of methoxy groups -OCH3 is 1. The van der Waals surface area contributed by atoms with Crippen molar-refractivity contribution in [3.63, 3.8) is 0 Å². The molecule has 94 valence electrons. The number of rotatable bonds is 5. The van der Waals surface area contributed by atoms with Crippen molar-refractivity contribution in [3.8, 4) is 0 Å². The predicted molar refractivity (Wildman–Crippen MR) is 70.2 cm³/mol. The molecule has 0 aliphatic rings. The van der Waals surface area contributed by atoms with E-state index in [-0.39, 0.29) is 18.5 Å². The van der Waals surface area contributed by atoms with Crippen LogP contribution in [0.15, 0.2) is 30.3 Å². The van der Waals surface area contributed by atoms with E-state index in [1.165, 1.54) is 7.11 Å². The van der Waals surface area contributed by atoms with Gasteiger partial charge in [-0.15, -0.1) is 0 Å². The highest BCUT2D eigenvalue weighted by atomic mass is 28.4. The summed E-state index contributed by atoms with van der Waals surface area (Å²) in [5.41, 5.74) is 1.03. The third-order valence-electron chi connectivity index (χ3n) is 2.25. The van der Waals surface area contributed by atoms with Gasteiger partial charge in [0.2, 0.25) is 0 Å². The van der Waals surface area contributed by atoms with Gasteiger partial charge in [0.05, 0.1) is 19.6 Å². The maximum Gasteiger partial charge on any atom is 0.308 e. The maximum absolute atomic E-state index is 11.4. The summed E-state index contributed by atoms with van der Waals surface area (Å²) in [4.78, 5) is 11.4. The van der Waals surface area contributed by atoms with Gasteiger partial charge in [0.1, 0.15) is 0 Å². The summed E-state index contributed by atoms with van der Waals surface area (Å²) >= 11 is 0. The minimum Gasteiger partial charge on any atom is -0.469 e. The van der Waals surface area contributed by atoms with Crippen molar-refractivity contribution < 1.29 is 14.0 Å². The Morgan fingerprint density at radius 3 is 2.29 bits per heavy atom. The fourth-order valence-electron chi connectivity index (χ4n) is 1.56. The molecule has 3 nitrogen and oxygen atoms in total. The molecule has 1 atom stereocenters. The first-order valence-electron chi connectivity index (χ1n) is 5.72. The van der Waals surface area contributed by atoms with E-state index in [4.69, 9.17) is 9.16 Å². The van der Waals surface area contributed by atoms with Crippen LogP contribution >= 0.6 is 0 Å². The molecule has 1 rings (SSSR count). The lowest BCUT2D eigenvalue weighted by Crippen LogP contribution is -2.29. The van der Waals surface area contributed by atoms with Gasteiger partial charge in [-0.25, -0.2) is 0 Å². The minimum atomic E-state index is -1.69. The maximum atomic E-state index is 11.4. The lowest BCUT2D eigenvalue weighted by atomic mass is 10.1. The zero-order valence-corrected chi connectivity index (χ0v) is 11.9. The Hall–Kier alpha value is -1.13. The van der Waals surface area contributed by atoms with Crippen LogP contribution in [0.5, 0.6) is 0 Å². The van der Waals surface area contributed by atoms with Crippen LogP contribution in [0, 0.1) is 0 Å². The van der Waals surface area contributed by atoms with Gasteiger partial charge in [-0.2, -0.15) is 0 Å². The predicted octanol–water partition coefficient (Wildman–Crippen LogP) is 3.14. The second-order valence-electron chi connectivity index (χ2n) is 4.91. The summed E-state index contributed by atoms with van der Waals surface area (Å²) in [7, 11) is -0.289. The highest BCUT2D eigenvalue weighted by molar-refractivity contribution is 6.69. The molecule has 0 N–H and O–H groups in total. The molecular formula is C13H20O3Si. The monoisotopic (exact) mass is 252 g/mol. The number of benzene rings is 1. The molecule has 1 aromatic carbocycles. The van der Waals surface area contributed by atoms with Crippen LogP contribution < -0.4 is 0 Å². The van der Waals surface area contributed by atoms with Crippen LogP contribution in [-0.2, 0) is 14.0 Å². The Kier molecular flexibility index (Phi) is 4.90. The first-order chi connectivity index (χ1) is 7.92.